The van der Waals surface area contributed by atoms with Crippen molar-refractivity contribution in [3.05, 3.63) is 33.9 Å². The fourth-order valence-corrected chi connectivity index (χ4v) is 3.92. The lowest BCUT2D eigenvalue weighted by atomic mass is 10.0. The Morgan fingerprint density at radius 2 is 1.92 bits per heavy atom. The van der Waals surface area contributed by atoms with Gasteiger partial charge in [0, 0.05) is 50.4 Å². The summed E-state index contributed by atoms with van der Waals surface area (Å²) in [5, 5.41) is 11.4. The lowest BCUT2D eigenvalue weighted by Gasteiger charge is -2.43. The first kappa shape index (κ1) is 17.8. The van der Waals surface area contributed by atoms with Crippen molar-refractivity contribution in [2.45, 2.75) is 25.8 Å². The van der Waals surface area contributed by atoms with Gasteiger partial charge in [-0.25, -0.2) is 0 Å². The van der Waals surface area contributed by atoms with Crippen molar-refractivity contribution >= 4 is 17.2 Å². The third-order valence-corrected chi connectivity index (χ3v) is 5.35. The van der Waals surface area contributed by atoms with E-state index in [1.807, 2.05) is 0 Å². The smallest absolute Gasteiger partial charge is 0.293 e. The molecule has 1 atom stereocenters. The molecule has 2 aliphatic rings. The number of likely N-dealkylation sites (tertiary alicyclic amines) is 1. The molecule has 0 N–H and O–H groups in total. The van der Waals surface area contributed by atoms with Gasteiger partial charge in [0.2, 0.25) is 0 Å². The van der Waals surface area contributed by atoms with E-state index >= 15 is 0 Å². The van der Waals surface area contributed by atoms with Gasteiger partial charge in [0.25, 0.3) is 5.69 Å². The maximum Gasteiger partial charge on any atom is 0.293 e. The summed E-state index contributed by atoms with van der Waals surface area (Å²) < 4.78 is 0. The van der Waals surface area contributed by atoms with Crippen LogP contribution in [0.1, 0.15) is 30.1 Å². The number of Topliss-reactive ketones (excluding diaryl/α,β-unsaturated/α-hetero) is 1. The van der Waals surface area contributed by atoms with Crippen LogP contribution in [0.2, 0.25) is 0 Å². The van der Waals surface area contributed by atoms with Gasteiger partial charge in [0.05, 0.1) is 4.92 Å². The van der Waals surface area contributed by atoms with Crippen LogP contribution in [-0.4, -0.2) is 72.9 Å². The molecule has 1 aromatic carbocycles. The van der Waals surface area contributed by atoms with Gasteiger partial charge in [0.1, 0.15) is 5.69 Å². The summed E-state index contributed by atoms with van der Waals surface area (Å²) in [7, 11) is 2.17. The molecule has 2 aliphatic heterocycles. The molecule has 0 aromatic heterocycles. The van der Waals surface area contributed by atoms with Crippen LogP contribution < -0.4 is 4.90 Å². The lowest BCUT2D eigenvalue weighted by Crippen LogP contribution is -2.54. The predicted molar refractivity (Wildman–Crippen MR) is 97.4 cm³/mol. The summed E-state index contributed by atoms with van der Waals surface area (Å²) in [5.41, 5.74) is 1.04. The minimum atomic E-state index is -0.385. The second kappa shape index (κ2) is 7.49. The van der Waals surface area contributed by atoms with Crippen molar-refractivity contribution < 1.29 is 9.72 Å². The van der Waals surface area contributed by atoms with Gasteiger partial charge in [0.15, 0.2) is 5.78 Å². The van der Waals surface area contributed by atoms with Gasteiger partial charge in [-0.15, -0.1) is 0 Å². The summed E-state index contributed by atoms with van der Waals surface area (Å²) in [6.07, 6.45) is 2.47. The van der Waals surface area contributed by atoms with Crippen LogP contribution in [0.4, 0.5) is 11.4 Å². The van der Waals surface area contributed by atoms with Crippen molar-refractivity contribution in [2.24, 2.45) is 0 Å². The summed E-state index contributed by atoms with van der Waals surface area (Å²) in [5.74, 6) is -0.152. The summed E-state index contributed by atoms with van der Waals surface area (Å²) >= 11 is 0. The van der Waals surface area contributed by atoms with E-state index in [9.17, 15) is 14.9 Å². The Balaban J connectivity index is 1.70. The Kier molecular flexibility index (Phi) is 5.34. The van der Waals surface area contributed by atoms with Crippen molar-refractivity contribution in [1.29, 1.82) is 0 Å². The molecule has 136 valence electrons. The van der Waals surface area contributed by atoms with Crippen LogP contribution in [-0.2, 0) is 0 Å². The predicted octanol–water partition coefficient (Wildman–Crippen LogP) is 2.01. The van der Waals surface area contributed by atoms with E-state index in [1.54, 1.807) is 12.1 Å². The Labute approximate surface area is 148 Å². The van der Waals surface area contributed by atoms with Crippen LogP contribution in [0.3, 0.4) is 0 Å². The monoisotopic (exact) mass is 346 g/mol. The van der Waals surface area contributed by atoms with E-state index in [0.29, 0.717) is 17.3 Å². The molecule has 0 amide bonds. The third kappa shape index (κ3) is 3.99. The first-order chi connectivity index (χ1) is 12.0. The molecule has 2 saturated heterocycles. The minimum Gasteiger partial charge on any atom is -0.363 e. The number of hydrogen-bond acceptors (Lipinski definition) is 6. The van der Waals surface area contributed by atoms with Crippen LogP contribution >= 0.6 is 0 Å². The quantitative estimate of drug-likeness (QED) is 0.472. The average Bonchev–Trinajstić information content (AvgIpc) is 2.61. The normalized spacial score (nSPS) is 22.8. The average molecular weight is 346 g/mol. The number of piperidine rings is 1. The first-order valence-corrected chi connectivity index (χ1v) is 8.92. The zero-order chi connectivity index (χ0) is 18.0. The SMILES string of the molecule is CC(=O)c1ccc(N2CCN(C3CCCN(C)C3)CC2)c([N+](=O)[O-])c1. The molecule has 0 radical (unpaired) electrons. The lowest BCUT2D eigenvalue weighted by molar-refractivity contribution is -0.384. The number of benzene rings is 1. The number of nitrogens with zero attached hydrogens (tertiary/aromatic N) is 4. The van der Waals surface area contributed by atoms with Gasteiger partial charge in [-0.3, -0.25) is 19.8 Å². The van der Waals surface area contributed by atoms with Crippen molar-refractivity contribution in [3.8, 4) is 0 Å². The number of nitro groups is 1. The Morgan fingerprint density at radius 3 is 2.52 bits per heavy atom. The number of anilines is 1. The fraction of sp³-hybridized carbons (Fsp3) is 0.611. The number of nitro benzene ring substituents is 1. The molecule has 2 fully saturated rings. The molecular formula is C18H26N4O3. The van der Waals surface area contributed by atoms with Gasteiger partial charge in [-0.1, -0.05) is 0 Å². The van der Waals surface area contributed by atoms with Crippen LogP contribution in [0.5, 0.6) is 0 Å². The van der Waals surface area contributed by atoms with Crippen LogP contribution in [0.15, 0.2) is 18.2 Å². The number of carbonyl (C=O) groups excluding carboxylic acids is 1. The molecule has 3 rings (SSSR count). The molecule has 0 saturated carbocycles. The minimum absolute atomic E-state index is 0.0264. The zero-order valence-corrected chi connectivity index (χ0v) is 15.0. The number of ketones is 1. The number of carbonyl (C=O) groups is 1. The largest absolute Gasteiger partial charge is 0.363 e. The standard InChI is InChI=1S/C18H26N4O3/c1-14(23)15-5-6-17(18(12-15)22(24)25)21-10-8-20(9-11-21)16-4-3-7-19(2)13-16/h5-6,12,16H,3-4,7-11,13H2,1-2H3. The summed E-state index contributed by atoms with van der Waals surface area (Å²) in [4.78, 5) is 29.5. The molecule has 0 aliphatic carbocycles. The second-order valence-electron chi connectivity index (χ2n) is 7.10. The molecule has 7 nitrogen and oxygen atoms in total. The molecule has 1 unspecified atom stereocenters. The fourth-order valence-electron chi connectivity index (χ4n) is 3.92. The summed E-state index contributed by atoms with van der Waals surface area (Å²) in [6.45, 7) is 7.10. The van der Waals surface area contributed by atoms with E-state index in [-0.39, 0.29) is 16.4 Å². The highest BCUT2D eigenvalue weighted by Gasteiger charge is 2.29. The van der Waals surface area contributed by atoms with Gasteiger partial charge < -0.3 is 9.80 Å². The molecule has 0 bridgehead atoms. The summed E-state index contributed by atoms with van der Waals surface area (Å²) in [6, 6.07) is 5.41. The molecule has 7 heteroatoms. The van der Waals surface area contributed by atoms with E-state index in [1.165, 1.54) is 32.4 Å². The Bertz CT molecular complexity index is 656. The number of likely N-dealkylation sites (N-methyl/N-ethyl adjacent to an activating group) is 1. The topological polar surface area (TPSA) is 69.9 Å². The van der Waals surface area contributed by atoms with Crippen LogP contribution in [0.25, 0.3) is 0 Å². The highest BCUT2D eigenvalue weighted by atomic mass is 16.6. The first-order valence-electron chi connectivity index (χ1n) is 8.92. The molecule has 2 heterocycles. The number of hydrogen-bond donors (Lipinski definition) is 0. The Morgan fingerprint density at radius 1 is 1.20 bits per heavy atom. The van der Waals surface area contributed by atoms with Gasteiger partial charge in [-0.05, 0) is 45.5 Å². The van der Waals surface area contributed by atoms with Crippen LogP contribution in [0, 0.1) is 10.1 Å². The van der Waals surface area contributed by atoms with Gasteiger partial charge in [-0.2, -0.15) is 0 Å². The molecular weight excluding hydrogens is 320 g/mol. The van der Waals surface area contributed by atoms with Crippen molar-refractivity contribution in [1.82, 2.24) is 9.80 Å². The zero-order valence-electron chi connectivity index (χ0n) is 15.0. The second-order valence-corrected chi connectivity index (χ2v) is 7.10. The van der Waals surface area contributed by atoms with E-state index in [4.69, 9.17) is 0 Å². The maximum atomic E-state index is 11.5. The maximum absolute atomic E-state index is 11.5. The highest BCUT2D eigenvalue weighted by Crippen LogP contribution is 2.30. The molecule has 25 heavy (non-hydrogen) atoms. The number of rotatable bonds is 4. The van der Waals surface area contributed by atoms with E-state index in [0.717, 1.165) is 32.7 Å². The molecule has 1 aromatic rings. The third-order valence-electron chi connectivity index (χ3n) is 5.35. The van der Waals surface area contributed by atoms with Crippen molar-refractivity contribution in [2.75, 3.05) is 51.2 Å². The highest BCUT2D eigenvalue weighted by molar-refractivity contribution is 5.95. The molecule has 0 spiro atoms. The van der Waals surface area contributed by atoms with E-state index < -0.39 is 0 Å². The van der Waals surface area contributed by atoms with Crippen molar-refractivity contribution in [3.63, 3.8) is 0 Å². The van der Waals surface area contributed by atoms with Gasteiger partial charge >= 0.3 is 0 Å². The van der Waals surface area contributed by atoms with E-state index in [2.05, 4.69) is 21.7 Å². The Hall–Kier alpha value is -1.99. The number of piperazine rings is 1.